The first-order chi connectivity index (χ1) is 8.16. The van der Waals surface area contributed by atoms with Crippen molar-refractivity contribution in [1.82, 2.24) is 0 Å². The Morgan fingerprint density at radius 2 is 1.94 bits per heavy atom. The van der Waals surface area contributed by atoms with E-state index in [1.807, 2.05) is 42.5 Å². The summed E-state index contributed by atoms with van der Waals surface area (Å²) >= 11 is 8.37. The molecular formula is C13H12ClIN2. The van der Waals surface area contributed by atoms with Crippen LogP contribution >= 0.6 is 34.2 Å². The zero-order valence-corrected chi connectivity index (χ0v) is 12.0. The van der Waals surface area contributed by atoms with Gasteiger partial charge in [0.15, 0.2) is 0 Å². The maximum atomic E-state index is 6.14. The van der Waals surface area contributed by atoms with E-state index < -0.39 is 0 Å². The maximum absolute atomic E-state index is 6.14. The molecule has 0 bridgehead atoms. The fourth-order valence-electron chi connectivity index (χ4n) is 1.52. The maximum Gasteiger partial charge on any atom is 0.0648 e. The summed E-state index contributed by atoms with van der Waals surface area (Å²) in [4.78, 5) is 0. The predicted octanol–water partition coefficient (Wildman–Crippen LogP) is 4.14. The van der Waals surface area contributed by atoms with Gasteiger partial charge in [-0.05, 0) is 52.4 Å². The molecule has 0 aliphatic heterocycles. The molecule has 0 radical (unpaired) electrons. The molecule has 0 fully saturated rings. The Bertz CT molecular complexity index is 529. The van der Waals surface area contributed by atoms with Crippen LogP contribution in [0.4, 0.5) is 11.4 Å². The molecule has 2 aromatic rings. The lowest BCUT2D eigenvalue weighted by Gasteiger charge is -2.10. The highest BCUT2D eigenvalue weighted by Crippen LogP contribution is 2.24. The molecule has 17 heavy (non-hydrogen) atoms. The molecule has 0 saturated heterocycles. The van der Waals surface area contributed by atoms with E-state index in [9.17, 15) is 0 Å². The largest absolute Gasteiger partial charge is 0.398 e. The number of anilines is 2. The summed E-state index contributed by atoms with van der Waals surface area (Å²) in [6, 6.07) is 13.7. The van der Waals surface area contributed by atoms with Gasteiger partial charge < -0.3 is 11.1 Å². The number of halogens is 2. The Hall–Kier alpha value is -0.940. The highest BCUT2D eigenvalue weighted by Gasteiger charge is 2.02. The van der Waals surface area contributed by atoms with E-state index in [0.717, 1.165) is 25.5 Å². The van der Waals surface area contributed by atoms with Gasteiger partial charge in [-0.15, -0.1) is 0 Å². The monoisotopic (exact) mass is 358 g/mol. The second kappa shape index (κ2) is 5.60. The van der Waals surface area contributed by atoms with Crippen molar-refractivity contribution in [3.05, 3.63) is 56.6 Å². The smallest absolute Gasteiger partial charge is 0.0648 e. The molecule has 0 spiro atoms. The van der Waals surface area contributed by atoms with Gasteiger partial charge in [0.05, 0.1) is 10.7 Å². The first kappa shape index (κ1) is 12.5. The van der Waals surface area contributed by atoms with Gasteiger partial charge in [0.25, 0.3) is 0 Å². The standard InChI is InChI=1S/C13H12ClIN2/c14-11-7-10(15)5-6-13(11)17-8-9-3-1-2-4-12(9)16/h1-7,17H,8,16H2. The van der Waals surface area contributed by atoms with Crippen molar-refractivity contribution >= 4 is 45.6 Å². The number of hydrogen-bond acceptors (Lipinski definition) is 2. The van der Waals surface area contributed by atoms with Crippen molar-refractivity contribution in [2.45, 2.75) is 6.54 Å². The number of nitrogens with one attached hydrogen (secondary N) is 1. The van der Waals surface area contributed by atoms with Gasteiger partial charge >= 0.3 is 0 Å². The summed E-state index contributed by atoms with van der Waals surface area (Å²) in [6.45, 7) is 0.674. The molecule has 2 nitrogen and oxygen atoms in total. The summed E-state index contributed by atoms with van der Waals surface area (Å²) in [5, 5.41) is 4.01. The summed E-state index contributed by atoms with van der Waals surface area (Å²) in [6.07, 6.45) is 0. The van der Waals surface area contributed by atoms with Crippen molar-refractivity contribution in [3.63, 3.8) is 0 Å². The van der Waals surface area contributed by atoms with Crippen molar-refractivity contribution in [3.8, 4) is 0 Å². The molecule has 3 N–H and O–H groups in total. The Balaban J connectivity index is 2.10. The second-order valence-electron chi connectivity index (χ2n) is 3.68. The zero-order valence-electron chi connectivity index (χ0n) is 9.08. The van der Waals surface area contributed by atoms with E-state index >= 15 is 0 Å². The fraction of sp³-hybridized carbons (Fsp3) is 0.0769. The molecule has 0 aromatic heterocycles. The normalized spacial score (nSPS) is 10.2. The third-order valence-corrected chi connectivity index (χ3v) is 3.44. The molecule has 2 aromatic carbocycles. The lowest BCUT2D eigenvalue weighted by atomic mass is 10.2. The molecule has 4 heteroatoms. The fourth-order valence-corrected chi connectivity index (χ4v) is 2.44. The lowest BCUT2D eigenvalue weighted by molar-refractivity contribution is 1.15. The van der Waals surface area contributed by atoms with Crippen LogP contribution in [0.1, 0.15) is 5.56 Å². The molecule has 0 aliphatic rings. The van der Waals surface area contributed by atoms with Crippen LogP contribution in [0, 0.1) is 3.57 Å². The van der Waals surface area contributed by atoms with Gasteiger partial charge in [-0.25, -0.2) is 0 Å². The van der Waals surface area contributed by atoms with Crippen LogP contribution in [-0.4, -0.2) is 0 Å². The Kier molecular flexibility index (Phi) is 4.12. The lowest BCUT2D eigenvalue weighted by Crippen LogP contribution is -2.03. The number of para-hydroxylation sites is 1. The topological polar surface area (TPSA) is 38.0 Å². The van der Waals surface area contributed by atoms with Gasteiger partial charge in [0, 0.05) is 15.8 Å². The van der Waals surface area contributed by atoms with E-state index in [2.05, 4.69) is 27.9 Å². The average Bonchev–Trinajstić information content (AvgIpc) is 2.30. The van der Waals surface area contributed by atoms with Crippen LogP contribution < -0.4 is 11.1 Å². The van der Waals surface area contributed by atoms with Crippen LogP contribution in [0.2, 0.25) is 5.02 Å². The van der Waals surface area contributed by atoms with Gasteiger partial charge in [-0.3, -0.25) is 0 Å². The molecule has 88 valence electrons. The van der Waals surface area contributed by atoms with Crippen molar-refractivity contribution < 1.29 is 0 Å². The van der Waals surface area contributed by atoms with E-state index in [0.29, 0.717) is 6.54 Å². The SMILES string of the molecule is Nc1ccccc1CNc1ccc(I)cc1Cl. The van der Waals surface area contributed by atoms with Crippen molar-refractivity contribution in [1.29, 1.82) is 0 Å². The van der Waals surface area contributed by atoms with Crippen LogP contribution in [-0.2, 0) is 6.54 Å². The number of nitrogens with two attached hydrogens (primary N) is 1. The van der Waals surface area contributed by atoms with Gasteiger partial charge in [-0.2, -0.15) is 0 Å². The average molecular weight is 359 g/mol. The highest BCUT2D eigenvalue weighted by atomic mass is 127. The third kappa shape index (κ3) is 3.26. The molecule has 0 atom stereocenters. The summed E-state index contributed by atoms with van der Waals surface area (Å²) in [7, 11) is 0. The summed E-state index contributed by atoms with van der Waals surface area (Å²) < 4.78 is 1.12. The minimum Gasteiger partial charge on any atom is -0.398 e. The molecule has 0 amide bonds. The highest BCUT2D eigenvalue weighted by molar-refractivity contribution is 14.1. The van der Waals surface area contributed by atoms with Crippen molar-refractivity contribution in [2.75, 3.05) is 11.1 Å². The van der Waals surface area contributed by atoms with E-state index in [4.69, 9.17) is 17.3 Å². The number of nitrogen functional groups attached to an aromatic ring is 1. The van der Waals surface area contributed by atoms with Gasteiger partial charge in [0.1, 0.15) is 0 Å². The van der Waals surface area contributed by atoms with Gasteiger partial charge in [0.2, 0.25) is 0 Å². The van der Waals surface area contributed by atoms with Crippen LogP contribution in [0.3, 0.4) is 0 Å². The van der Waals surface area contributed by atoms with Gasteiger partial charge in [-0.1, -0.05) is 29.8 Å². The first-order valence-corrected chi connectivity index (χ1v) is 6.65. The number of hydrogen-bond donors (Lipinski definition) is 2. The quantitative estimate of drug-likeness (QED) is 0.639. The second-order valence-corrected chi connectivity index (χ2v) is 5.33. The van der Waals surface area contributed by atoms with E-state index in [-0.39, 0.29) is 0 Å². The van der Waals surface area contributed by atoms with Crippen LogP contribution in [0.25, 0.3) is 0 Å². The Morgan fingerprint density at radius 1 is 1.18 bits per heavy atom. The minimum absolute atomic E-state index is 0.674. The molecule has 0 saturated carbocycles. The summed E-state index contributed by atoms with van der Waals surface area (Å²) in [5.41, 5.74) is 8.66. The van der Waals surface area contributed by atoms with E-state index in [1.54, 1.807) is 0 Å². The number of benzene rings is 2. The zero-order chi connectivity index (χ0) is 12.3. The first-order valence-electron chi connectivity index (χ1n) is 5.19. The molecular weight excluding hydrogens is 347 g/mol. The summed E-state index contributed by atoms with van der Waals surface area (Å²) in [5.74, 6) is 0. The molecule has 2 rings (SSSR count). The third-order valence-electron chi connectivity index (χ3n) is 2.46. The number of rotatable bonds is 3. The Morgan fingerprint density at radius 3 is 2.65 bits per heavy atom. The predicted molar refractivity (Wildman–Crippen MR) is 82.4 cm³/mol. The minimum atomic E-state index is 0.674. The van der Waals surface area contributed by atoms with Crippen LogP contribution in [0.5, 0.6) is 0 Å². The van der Waals surface area contributed by atoms with E-state index in [1.165, 1.54) is 0 Å². The molecule has 0 unspecified atom stereocenters. The van der Waals surface area contributed by atoms with Crippen LogP contribution in [0.15, 0.2) is 42.5 Å². The molecule has 0 heterocycles. The van der Waals surface area contributed by atoms with Crippen molar-refractivity contribution in [2.24, 2.45) is 0 Å². The molecule has 0 aliphatic carbocycles. The Labute approximate surface area is 119 Å².